The Morgan fingerprint density at radius 3 is 2.41 bits per heavy atom. The second-order valence-electron chi connectivity index (χ2n) is 5.73. The van der Waals surface area contributed by atoms with Gasteiger partial charge in [0.2, 0.25) is 0 Å². The lowest BCUT2D eigenvalue weighted by molar-refractivity contribution is -0.127. The summed E-state index contributed by atoms with van der Waals surface area (Å²) in [5, 5.41) is 1.83. The summed E-state index contributed by atoms with van der Waals surface area (Å²) in [7, 11) is 0. The van der Waals surface area contributed by atoms with Gasteiger partial charge in [0.05, 0.1) is 4.88 Å². The van der Waals surface area contributed by atoms with Gasteiger partial charge in [-0.3, -0.25) is 9.59 Å². The van der Waals surface area contributed by atoms with Crippen molar-refractivity contribution in [3.63, 3.8) is 0 Å². The van der Waals surface area contributed by atoms with Gasteiger partial charge in [0.25, 0.3) is 11.7 Å². The van der Waals surface area contributed by atoms with Crippen molar-refractivity contribution in [2.45, 2.75) is 19.3 Å². The van der Waals surface area contributed by atoms with Crippen molar-refractivity contribution in [1.82, 2.24) is 4.90 Å². The Morgan fingerprint density at radius 2 is 1.77 bits per heavy atom. The van der Waals surface area contributed by atoms with Crippen molar-refractivity contribution in [2.24, 2.45) is 5.92 Å². The quantitative estimate of drug-likeness (QED) is 0.641. The molecule has 0 saturated carbocycles. The molecule has 1 saturated heterocycles. The lowest BCUT2D eigenvalue weighted by Gasteiger charge is -2.31. The van der Waals surface area contributed by atoms with Crippen molar-refractivity contribution in [3.8, 4) is 0 Å². The number of hydrogen-bond acceptors (Lipinski definition) is 3. The van der Waals surface area contributed by atoms with E-state index in [2.05, 4.69) is 24.3 Å². The molecular formula is C18H19NO2S. The lowest BCUT2D eigenvalue weighted by atomic mass is 9.90. The number of likely N-dealkylation sites (tertiary alicyclic amines) is 1. The summed E-state index contributed by atoms with van der Waals surface area (Å²) in [6, 6.07) is 14.0. The number of rotatable bonds is 4. The molecule has 22 heavy (non-hydrogen) atoms. The highest BCUT2D eigenvalue weighted by Gasteiger charge is 2.28. The van der Waals surface area contributed by atoms with Crippen LogP contribution in [0.3, 0.4) is 0 Å². The first-order valence-corrected chi connectivity index (χ1v) is 8.53. The lowest BCUT2D eigenvalue weighted by Crippen LogP contribution is -2.42. The molecule has 1 fully saturated rings. The highest BCUT2D eigenvalue weighted by molar-refractivity contribution is 7.12. The van der Waals surface area contributed by atoms with Crippen LogP contribution >= 0.6 is 11.3 Å². The van der Waals surface area contributed by atoms with Crippen LogP contribution in [0.1, 0.15) is 28.1 Å². The van der Waals surface area contributed by atoms with Crippen LogP contribution < -0.4 is 0 Å². The fourth-order valence-corrected chi connectivity index (χ4v) is 3.60. The van der Waals surface area contributed by atoms with E-state index in [1.54, 1.807) is 17.0 Å². The van der Waals surface area contributed by atoms with Crippen LogP contribution in [0.2, 0.25) is 0 Å². The SMILES string of the molecule is O=C(C(=O)N1CCC(Cc2ccccc2)CC1)c1cccs1. The van der Waals surface area contributed by atoms with E-state index in [1.165, 1.54) is 16.9 Å². The summed E-state index contributed by atoms with van der Waals surface area (Å²) in [6.45, 7) is 1.38. The van der Waals surface area contributed by atoms with E-state index < -0.39 is 0 Å². The van der Waals surface area contributed by atoms with Gasteiger partial charge in [-0.2, -0.15) is 0 Å². The molecule has 0 radical (unpaired) electrons. The fourth-order valence-electron chi connectivity index (χ4n) is 2.94. The molecule has 114 valence electrons. The first-order valence-electron chi connectivity index (χ1n) is 7.65. The zero-order valence-electron chi connectivity index (χ0n) is 12.4. The largest absolute Gasteiger partial charge is 0.336 e. The maximum absolute atomic E-state index is 12.2. The summed E-state index contributed by atoms with van der Waals surface area (Å²) < 4.78 is 0. The number of Topliss-reactive ketones (excluding diaryl/α,β-unsaturated/α-hetero) is 1. The van der Waals surface area contributed by atoms with Gasteiger partial charge < -0.3 is 4.90 Å². The Labute approximate surface area is 134 Å². The van der Waals surface area contributed by atoms with Crippen LogP contribution in [0.25, 0.3) is 0 Å². The third kappa shape index (κ3) is 3.45. The second-order valence-corrected chi connectivity index (χ2v) is 6.68. The zero-order valence-corrected chi connectivity index (χ0v) is 13.2. The standard InChI is InChI=1S/C18H19NO2S/c20-17(16-7-4-12-22-16)18(21)19-10-8-15(9-11-19)13-14-5-2-1-3-6-14/h1-7,12,15H,8-11,13H2. The Kier molecular flexibility index (Phi) is 4.68. The van der Waals surface area contributed by atoms with Gasteiger partial charge in [0, 0.05) is 13.1 Å². The average molecular weight is 313 g/mol. The Balaban J connectivity index is 1.53. The van der Waals surface area contributed by atoms with Crippen molar-refractivity contribution in [1.29, 1.82) is 0 Å². The number of benzene rings is 1. The van der Waals surface area contributed by atoms with Crippen LogP contribution in [0.5, 0.6) is 0 Å². The third-order valence-electron chi connectivity index (χ3n) is 4.21. The molecule has 0 aliphatic carbocycles. The van der Waals surface area contributed by atoms with Gasteiger partial charge >= 0.3 is 0 Å². The molecule has 1 aromatic heterocycles. The molecule has 2 heterocycles. The molecule has 1 aliphatic rings. The van der Waals surface area contributed by atoms with Crippen LogP contribution in [-0.4, -0.2) is 29.7 Å². The molecule has 1 aliphatic heterocycles. The minimum Gasteiger partial charge on any atom is -0.336 e. The molecule has 4 heteroatoms. The number of piperidine rings is 1. The molecule has 2 aromatic rings. The third-order valence-corrected chi connectivity index (χ3v) is 5.08. The predicted molar refractivity (Wildman–Crippen MR) is 88.1 cm³/mol. The molecule has 0 unspecified atom stereocenters. The smallest absolute Gasteiger partial charge is 0.295 e. The summed E-state index contributed by atoms with van der Waals surface area (Å²) in [4.78, 5) is 26.6. The maximum Gasteiger partial charge on any atom is 0.295 e. The van der Waals surface area contributed by atoms with Gasteiger partial charge in [-0.15, -0.1) is 11.3 Å². The molecule has 3 nitrogen and oxygen atoms in total. The Morgan fingerprint density at radius 1 is 1.05 bits per heavy atom. The average Bonchev–Trinajstić information content (AvgIpc) is 3.10. The maximum atomic E-state index is 12.2. The molecule has 3 rings (SSSR count). The van der Waals surface area contributed by atoms with Crippen LogP contribution in [0, 0.1) is 5.92 Å². The number of nitrogens with zero attached hydrogens (tertiary/aromatic N) is 1. The number of amides is 1. The van der Waals surface area contributed by atoms with Crippen molar-refractivity contribution in [3.05, 3.63) is 58.3 Å². The molecule has 0 atom stereocenters. The number of carbonyl (C=O) groups is 2. The molecule has 0 N–H and O–H groups in total. The first kappa shape index (κ1) is 15.0. The Bertz CT molecular complexity index is 628. The normalized spacial score (nSPS) is 15.7. The van der Waals surface area contributed by atoms with E-state index in [0.29, 0.717) is 23.9 Å². The van der Waals surface area contributed by atoms with Crippen LogP contribution in [-0.2, 0) is 11.2 Å². The molecular weight excluding hydrogens is 294 g/mol. The van der Waals surface area contributed by atoms with Gasteiger partial charge in [-0.05, 0) is 42.2 Å². The van der Waals surface area contributed by atoms with Crippen molar-refractivity contribution < 1.29 is 9.59 Å². The predicted octanol–water partition coefficient (Wildman–Crippen LogP) is 3.41. The van der Waals surface area contributed by atoms with E-state index in [9.17, 15) is 9.59 Å². The second kappa shape index (κ2) is 6.88. The van der Waals surface area contributed by atoms with Gasteiger partial charge in [-0.25, -0.2) is 0 Å². The summed E-state index contributed by atoms with van der Waals surface area (Å²) in [5.41, 5.74) is 1.35. The fraction of sp³-hybridized carbons (Fsp3) is 0.333. The summed E-state index contributed by atoms with van der Waals surface area (Å²) in [6.07, 6.45) is 3.00. The summed E-state index contributed by atoms with van der Waals surface area (Å²) >= 11 is 1.33. The van der Waals surface area contributed by atoms with Crippen molar-refractivity contribution in [2.75, 3.05) is 13.1 Å². The minimum atomic E-state index is -0.364. The zero-order chi connectivity index (χ0) is 15.4. The highest BCUT2D eigenvalue weighted by Crippen LogP contribution is 2.22. The molecule has 1 amide bonds. The topological polar surface area (TPSA) is 37.4 Å². The monoisotopic (exact) mass is 313 g/mol. The van der Waals surface area contributed by atoms with Gasteiger partial charge in [0.15, 0.2) is 0 Å². The van der Waals surface area contributed by atoms with E-state index in [0.717, 1.165) is 19.3 Å². The number of carbonyl (C=O) groups excluding carboxylic acids is 2. The van der Waals surface area contributed by atoms with Gasteiger partial charge in [-0.1, -0.05) is 36.4 Å². The van der Waals surface area contributed by atoms with E-state index in [4.69, 9.17) is 0 Å². The van der Waals surface area contributed by atoms with E-state index in [-0.39, 0.29) is 11.7 Å². The Hall–Kier alpha value is -1.94. The molecule has 0 spiro atoms. The summed E-state index contributed by atoms with van der Waals surface area (Å²) in [5.74, 6) is -0.111. The van der Waals surface area contributed by atoms with Crippen molar-refractivity contribution >= 4 is 23.0 Å². The van der Waals surface area contributed by atoms with Crippen LogP contribution in [0.4, 0.5) is 0 Å². The number of thiophene rings is 1. The van der Waals surface area contributed by atoms with E-state index >= 15 is 0 Å². The van der Waals surface area contributed by atoms with Gasteiger partial charge in [0.1, 0.15) is 0 Å². The minimum absolute atomic E-state index is 0.347. The number of ketones is 1. The highest BCUT2D eigenvalue weighted by atomic mass is 32.1. The van der Waals surface area contributed by atoms with E-state index in [1.807, 2.05) is 11.4 Å². The molecule has 0 bridgehead atoms. The molecule has 1 aromatic carbocycles. The van der Waals surface area contributed by atoms with Crippen LogP contribution in [0.15, 0.2) is 47.8 Å². The number of hydrogen-bond donors (Lipinski definition) is 0. The first-order chi connectivity index (χ1) is 10.7.